The van der Waals surface area contributed by atoms with E-state index in [-0.39, 0.29) is 41.4 Å². The number of carbonyl (C=O) groups is 1. The van der Waals surface area contributed by atoms with Gasteiger partial charge in [0.2, 0.25) is 0 Å². The van der Waals surface area contributed by atoms with Crippen molar-refractivity contribution in [1.29, 1.82) is 0 Å². The van der Waals surface area contributed by atoms with Crippen molar-refractivity contribution in [3.8, 4) is 5.75 Å². The van der Waals surface area contributed by atoms with Gasteiger partial charge in [0.25, 0.3) is 0 Å². The molecule has 21 heavy (non-hydrogen) atoms. The molecule has 0 atom stereocenters. The summed E-state index contributed by atoms with van der Waals surface area (Å²) in [7, 11) is 1.46. The fraction of sp³-hybridized carbons (Fsp3) is 0.0769. The number of methoxy groups -OCH3 is 1. The number of nitrogens with one attached hydrogen (secondary N) is 1. The van der Waals surface area contributed by atoms with Crippen molar-refractivity contribution in [2.45, 2.75) is 0 Å². The maximum atomic E-state index is 13.6. The van der Waals surface area contributed by atoms with Gasteiger partial charge in [0.1, 0.15) is 22.9 Å². The van der Waals surface area contributed by atoms with Crippen molar-refractivity contribution in [3.63, 3.8) is 0 Å². The number of anilines is 2. The van der Waals surface area contributed by atoms with Gasteiger partial charge in [0.15, 0.2) is 0 Å². The Morgan fingerprint density at radius 1 is 1.38 bits per heavy atom. The number of carboxylic acid groups (broad SMARTS) is 1. The van der Waals surface area contributed by atoms with E-state index in [1.807, 2.05) is 0 Å². The zero-order chi connectivity index (χ0) is 13.8. The molecule has 0 unspecified atom stereocenters. The van der Waals surface area contributed by atoms with Crippen LogP contribution in [0.15, 0.2) is 36.5 Å². The fourth-order valence-corrected chi connectivity index (χ4v) is 1.53. The first-order valence-corrected chi connectivity index (χ1v) is 5.40. The summed E-state index contributed by atoms with van der Waals surface area (Å²) in [5, 5.41) is 11.7. The molecule has 3 N–H and O–H groups in total. The van der Waals surface area contributed by atoms with E-state index in [4.69, 9.17) is 9.84 Å². The number of pyridine rings is 1. The Morgan fingerprint density at radius 3 is 2.71 bits per heavy atom. The van der Waals surface area contributed by atoms with Gasteiger partial charge in [0, 0.05) is 12.3 Å². The summed E-state index contributed by atoms with van der Waals surface area (Å²) < 4.78 is 18.6. The zero-order valence-electron chi connectivity index (χ0n) is 11.5. The third-order valence-corrected chi connectivity index (χ3v) is 2.46. The second-order valence-electron chi connectivity index (χ2n) is 3.68. The summed E-state index contributed by atoms with van der Waals surface area (Å²) >= 11 is 0. The molecule has 0 aliphatic rings. The first-order chi connectivity index (χ1) is 9.11. The van der Waals surface area contributed by atoms with Crippen LogP contribution in [0.3, 0.4) is 0 Å². The number of ether oxygens (including phenoxy) is 1. The Kier molecular flexibility index (Phi) is 7.45. The van der Waals surface area contributed by atoms with Gasteiger partial charge in [-0.2, -0.15) is 0 Å². The summed E-state index contributed by atoms with van der Waals surface area (Å²) in [4.78, 5) is 14.9. The van der Waals surface area contributed by atoms with Crippen LogP contribution >= 0.6 is 0 Å². The molecule has 0 saturated carbocycles. The van der Waals surface area contributed by atoms with E-state index in [9.17, 15) is 9.18 Å². The number of benzene rings is 1. The molecule has 8 heteroatoms. The minimum absolute atomic E-state index is 0. The molecule has 2 aromatic rings. The number of nitrogens with zero attached hydrogens (tertiary/aromatic N) is 1. The SMILES string of the molecule is COc1ccc(F)c(Nc2ncccc2C(=O)O)c1.[Li+].[OH-]. The maximum absolute atomic E-state index is 13.6. The Morgan fingerprint density at radius 2 is 2.10 bits per heavy atom. The van der Waals surface area contributed by atoms with Crippen LogP contribution in [0, 0.1) is 5.82 Å². The van der Waals surface area contributed by atoms with E-state index >= 15 is 0 Å². The van der Waals surface area contributed by atoms with Gasteiger partial charge < -0.3 is 20.6 Å². The molecular weight excluding hydrogens is 274 g/mol. The van der Waals surface area contributed by atoms with Crippen molar-refractivity contribution in [2.24, 2.45) is 0 Å². The molecule has 6 nitrogen and oxygen atoms in total. The molecular formula is C13H12FLiN2O4. The Balaban J connectivity index is 0.00000200. The van der Waals surface area contributed by atoms with Crippen LogP contribution < -0.4 is 28.9 Å². The number of hydrogen-bond donors (Lipinski definition) is 2. The predicted octanol–water partition coefficient (Wildman–Crippen LogP) is -0.502. The molecule has 0 radical (unpaired) electrons. The molecule has 2 rings (SSSR count). The average molecular weight is 286 g/mol. The van der Waals surface area contributed by atoms with Crippen molar-refractivity contribution < 1.29 is 43.4 Å². The summed E-state index contributed by atoms with van der Waals surface area (Å²) in [6.45, 7) is 0. The third kappa shape index (κ3) is 4.46. The minimum atomic E-state index is -1.14. The van der Waals surface area contributed by atoms with Gasteiger partial charge in [0.05, 0.1) is 12.8 Å². The third-order valence-electron chi connectivity index (χ3n) is 2.46. The smallest absolute Gasteiger partial charge is 0.870 e. The standard InChI is InChI=1S/C13H11FN2O3.Li.H2O/c1-19-8-4-5-10(14)11(7-8)16-12-9(13(17)18)3-2-6-15-12;;/h2-7H,1H3,(H,15,16)(H,17,18);;1H2/q;+1;/p-1. The van der Waals surface area contributed by atoms with Crippen LogP contribution in [-0.4, -0.2) is 28.6 Å². The molecule has 0 aliphatic heterocycles. The number of aromatic nitrogens is 1. The molecule has 0 spiro atoms. The van der Waals surface area contributed by atoms with E-state index in [0.29, 0.717) is 5.75 Å². The van der Waals surface area contributed by atoms with Crippen LogP contribution in [0.2, 0.25) is 0 Å². The van der Waals surface area contributed by atoms with Crippen molar-refractivity contribution >= 4 is 17.5 Å². The molecule has 0 amide bonds. The van der Waals surface area contributed by atoms with Crippen LogP contribution in [0.4, 0.5) is 15.9 Å². The van der Waals surface area contributed by atoms with Crippen LogP contribution in [0.1, 0.15) is 10.4 Å². The minimum Gasteiger partial charge on any atom is -0.870 e. The maximum Gasteiger partial charge on any atom is 1.00 e. The summed E-state index contributed by atoms with van der Waals surface area (Å²) in [6, 6.07) is 7.00. The first kappa shape index (κ1) is 18.9. The normalized spacial score (nSPS) is 9.05. The van der Waals surface area contributed by atoms with Crippen LogP contribution in [0.5, 0.6) is 5.75 Å². The van der Waals surface area contributed by atoms with E-state index in [1.165, 1.54) is 43.6 Å². The number of hydrogen-bond acceptors (Lipinski definition) is 5. The predicted molar refractivity (Wildman–Crippen MR) is 69.4 cm³/mol. The van der Waals surface area contributed by atoms with Crippen molar-refractivity contribution in [1.82, 2.24) is 4.98 Å². The molecule has 1 heterocycles. The van der Waals surface area contributed by atoms with Gasteiger partial charge in [-0.05, 0) is 24.3 Å². The van der Waals surface area contributed by atoms with Gasteiger partial charge in [-0.3, -0.25) is 0 Å². The second kappa shape index (κ2) is 8.27. The summed E-state index contributed by atoms with van der Waals surface area (Å²) in [6.07, 6.45) is 1.42. The Labute approximate surface area is 132 Å². The van der Waals surface area contributed by atoms with E-state index in [0.717, 1.165) is 0 Å². The Bertz CT molecular complexity index is 625. The monoisotopic (exact) mass is 286 g/mol. The number of rotatable bonds is 4. The average Bonchev–Trinajstić information content (AvgIpc) is 2.41. The quantitative estimate of drug-likeness (QED) is 0.735. The van der Waals surface area contributed by atoms with Crippen LogP contribution in [-0.2, 0) is 0 Å². The molecule has 106 valence electrons. The number of halogens is 1. The molecule has 1 aromatic carbocycles. The largest absolute Gasteiger partial charge is 1.00 e. The van der Waals surface area contributed by atoms with E-state index in [1.54, 1.807) is 0 Å². The summed E-state index contributed by atoms with van der Waals surface area (Å²) in [5.74, 6) is -1.14. The fourth-order valence-electron chi connectivity index (χ4n) is 1.53. The molecule has 0 fully saturated rings. The van der Waals surface area contributed by atoms with E-state index < -0.39 is 11.8 Å². The number of aromatic carboxylic acids is 1. The first-order valence-electron chi connectivity index (χ1n) is 5.40. The van der Waals surface area contributed by atoms with Gasteiger partial charge in [-0.1, -0.05) is 0 Å². The second-order valence-corrected chi connectivity index (χ2v) is 3.68. The van der Waals surface area contributed by atoms with Gasteiger partial charge in [-0.25, -0.2) is 14.2 Å². The topological polar surface area (TPSA) is 101 Å². The summed E-state index contributed by atoms with van der Waals surface area (Å²) in [5.41, 5.74) is 0.0604. The van der Waals surface area contributed by atoms with Crippen molar-refractivity contribution in [2.75, 3.05) is 12.4 Å². The Hall–Kier alpha value is -2.07. The number of carboxylic acids is 1. The van der Waals surface area contributed by atoms with Crippen molar-refractivity contribution in [3.05, 3.63) is 47.9 Å². The van der Waals surface area contributed by atoms with E-state index in [2.05, 4.69) is 10.3 Å². The zero-order valence-corrected chi connectivity index (χ0v) is 11.5. The molecule has 0 aliphatic carbocycles. The van der Waals surface area contributed by atoms with Gasteiger partial charge >= 0.3 is 24.8 Å². The molecule has 1 aromatic heterocycles. The molecule has 0 bridgehead atoms. The van der Waals surface area contributed by atoms with Crippen LogP contribution in [0.25, 0.3) is 0 Å². The molecule has 0 saturated heterocycles. The van der Waals surface area contributed by atoms with Gasteiger partial charge in [-0.15, -0.1) is 0 Å².